The smallest absolute Gasteiger partial charge is 0.243 e. The molecule has 7 heteroatoms. The molecule has 1 N–H and O–H groups in total. The number of amides is 1. The van der Waals surface area contributed by atoms with Crippen LogP contribution in [0, 0.1) is 18.3 Å². The lowest BCUT2D eigenvalue weighted by molar-refractivity contribution is -0.120. The minimum absolute atomic E-state index is 0.117. The van der Waals surface area contributed by atoms with E-state index < -0.39 is 10.0 Å². The zero-order chi connectivity index (χ0) is 21.0. The van der Waals surface area contributed by atoms with Crippen molar-refractivity contribution in [3.63, 3.8) is 0 Å². The van der Waals surface area contributed by atoms with E-state index in [1.165, 1.54) is 35.5 Å². The van der Waals surface area contributed by atoms with Gasteiger partial charge in [-0.25, -0.2) is 8.42 Å². The van der Waals surface area contributed by atoms with Gasteiger partial charge in [-0.2, -0.15) is 4.31 Å². The highest BCUT2D eigenvalue weighted by Crippen LogP contribution is 2.25. The van der Waals surface area contributed by atoms with Crippen LogP contribution < -0.4 is 5.32 Å². The molecular weight excluding hydrogens is 388 g/mol. The number of piperidine rings is 1. The second-order valence-electron chi connectivity index (χ2n) is 6.97. The first-order chi connectivity index (χ1) is 13.8. The zero-order valence-corrected chi connectivity index (χ0v) is 16.9. The van der Waals surface area contributed by atoms with Crippen LogP contribution in [0.25, 0.3) is 0 Å². The second kappa shape index (κ2) is 8.60. The summed E-state index contributed by atoms with van der Waals surface area (Å²) in [5, 5.41) is 2.85. The normalized spacial score (nSPS) is 15.4. The third-order valence-electron chi connectivity index (χ3n) is 5.02. The summed E-state index contributed by atoms with van der Waals surface area (Å²) in [6.45, 7) is 1.96. The highest BCUT2D eigenvalue weighted by molar-refractivity contribution is 7.89. The Morgan fingerprint density at radius 1 is 1.10 bits per heavy atom. The first-order valence-electron chi connectivity index (χ1n) is 9.30. The molecule has 1 saturated heterocycles. The molecule has 0 aliphatic carbocycles. The number of carbonyl (C=O) groups is 2. The number of hydrogen-bond acceptors (Lipinski definition) is 4. The summed E-state index contributed by atoms with van der Waals surface area (Å²) < 4.78 is 27.0. The first-order valence-corrected chi connectivity index (χ1v) is 10.7. The minimum Gasteiger partial charge on any atom is -0.326 e. The van der Waals surface area contributed by atoms with Crippen molar-refractivity contribution in [3.05, 3.63) is 59.7 Å². The lowest BCUT2D eigenvalue weighted by Gasteiger charge is -2.30. The Balaban J connectivity index is 1.62. The van der Waals surface area contributed by atoms with E-state index in [1.807, 2.05) is 0 Å². The number of Topliss-reactive ketones (excluding diaryl/α,β-unsaturated/α-hetero) is 1. The van der Waals surface area contributed by atoms with Gasteiger partial charge < -0.3 is 5.32 Å². The van der Waals surface area contributed by atoms with E-state index in [4.69, 9.17) is 6.42 Å². The van der Waals surface area contributed by atoms with Crippen LogP contribution in [0.3, 0.4) is 0 Å². The SMILES string of the molecule is C#Cc1cccc(NC(=O)C2CCN(S(=O)(=O)c3ccc(C(C)=O)cc3)CC2)c1. The predicted octanol–water partition coefficient (Wildman–Crippen LogP) is 2.91. The van der Waals surface area contributed by atoms with Crippen LogP contribution >= 0.6 is 0 Å². The summed E-state index contributed by atoms with van der Waals surface area (Å²) in [5.74, 6) is 2.00. The van der Waals surface area contributed by atoms with Crippen molar-refractivity contribution in [2.45, 2.75) is 24.7 Å². The molecule has 2 aromatic carbocycles. The highest BCUT2D eigenvalue weighted by Gasteiger charge is 2.32. The Hall–Kier alpha value is -2.95. The fourth-order valence-electron chi connectivity index (χ4n) is 3.30. The topological polar surface area (TPSA) is 83.6 Å². The molecule has 0 saturated carbocycles. The van der Waals surface area contributed by atoms with Gasteiger partial charge in [-0.1, -0.05) is 24.1 Å². The largest absolute Gasteiger partial charge is 0.326 e. The molecule has 1 fully saturated rings. The predicted molar refractivity (Wildman–Crippen MR) is 111 cm³/mol. The number of hydrogen-bond donors (Lipinski definition) is 1. The lowest BCUT2D eigenvalue weighted by Crippen LogP contribution is -2.41. The molecule has 0 radical (unpaired) electrons. The van der Waals surface area contributed by atoms with E-state index in [9.17, 15) is 18.0 Å². The van der Waals surface area contributed by atoms with E-state index in [0.29, 0.717) is 29.7 Å². The Morgan fingerprint density at radius 2 is 1.76 bits per heavy atom. The van der Waals surface area contributed by atoms with Crippen molar-refractivity contribution in [2.75, 3.05) is 18.4 Å². The van der Waals surface area contributed by atoms with Gasteiger partial charge >= 0.3 is 0 Å². The number of benzene rings is 2. The van der Waals surface area contributed by atoms with Gasteiger partial charge in [0.05, 0.1) is 4.90 Å². The number of sulfonamides is 1. The summed E-state index contributed by atoms with van der Waals surface area (Å²) >= 11 is 0. The second-order valence-corrected chi connectivity index (χ2v) is 8.91. The average molecular weight is 410 g/mol. The summed E-state index contributed by atoms with van der Waals surface area (Å²) in [7, 11) is -3.65. The third-order valence-corrected chi connectivity index (χ3v) is 6.93. The monoisotopic (exact) mass is 410 g/mol. The number of ketones is 1. The first kappa shape index (κ1) is 20.8. The third kappa shape index (κ3) is 4.73. The molecule has 150 valence electrons. The van der Waals surface area contributed by atoms with Gasteiger partial charge in [0.15, 0.2) is 5.78 Å². The molecule has 2 aromatic rings. The number of anilines is 1. The summed E-state index contributed by atoms with van der Waals surface area (Å²) in [6, 6.07) is 13.0. The molecule has 0 bridgehead atoms. The standard InChI is InChI=1S/C22H22N2O4S/c1-3-17-5-4-6-20(15-17)23-22(26)19-11-13-24(14-12-19)29(27,28)21-9-7-18(8-10-21)16(2)25/h1,4-10,15,19H,11-14H2,2H3,(H,23,26). The van der Waals surface area contributed by atoms with Crippen LogP contribution in [-0.4, -0.2) is 37.5 Å². The van der Waals surface area contributed by atoms with E-state index in [2.05, 4.69) is 11.2 Å². The van der Waals surface area contributed by atoms with Gasteiger partial charge in [-0.15, -0.1) is 6.42 Å². The molecule has 0 aromatic heterocycles. The van der Waals surface area contributed by atoms with Crippen molar-refractivity contribution in [2.24, 2.45) is 5.92 Å². The summed E-state index contributed by atoms with van der Waals surface area (Å²) in [5.41, 5.74) is 1.78. The lowest BCUT2D eigenvalue weighted by atomic mass is 9.97. The molecule has 1 aliphatic heterocycles. The summed E-state index contributed by atoms with van der Waals surface area (Å²) in [6.07, 6.45) is 6.25. The zero-order valence-electron chi connectivity index (χ0n) is 16.1. The van der Waals surface area contributed by atoms with E-state index in [-0.39, 0.29) is 35.6 Å². The van der Waals surface area contributed by atoms with Crippen molar-refractivity contribution in [1.82, 2.24) is 4.31 Å². The quantitative estimate of drug-likeness (QED) is 0.607. The number of nitrogens with one attached hydrogen (secondary N) is 1. The molecule has 0 atom stereocenters. The van der Waals surface area contributed by atoms with Gasteiger partial charge in [-0.05, 0) is 50.1 Å². The highest BCUT2D eigenvalue weighted by atomic mass is 32.2. The molecule has 1 amide bonds. The molecule has 3 rings (SSSR count). The van der Waals surface area contributed by atoms with Gasteiger partial charge in [-0.3, -0.25) is 9.59 Å². The number of rotatable bonds is 5. The van der Waals surface area contributed by atoms with Crippen LogP contribution in [0.1, 0.15) is 35.7 Å². The van der Waals surface area contributed by atoms with Crippen molar-refractivity contribution in [1.29, 1.82) is 0 Å². The molecule has 6 nitrogen and oxygen atoms in total. The molecule has 0 spiro atoms. The van der Waals surface area contributed by atoms with Gasteiger partial charge in [0.1, 0.15) is 0 Å². The van der Waals surface area contributed by atoms with E-state index >= 15 is 0 Å². The molecular formula is C22H22N2O4S. The van der Waals surface area contributed by atoms with Crippen molar-refractivity contribution < 1.29 is 18.0 Å². The van der Waals surface area contributed by atoms with E-state index in [0.717, 1.165) is 0 Å². The Bertz CT molecular complexity index is 1060. The van der Waals surface area contributed by atoms with Crippen LogP contribution in [0.4, 0.5) is 5.69 Å². The van der Waals surface area contributed by atoms with Gasteiger partial charge in [0.2, 0.25) is 15.9 Å². The maximum atomic E-state index is 12.8. The van der Waals surface area contributed by atoms with Crippen molar-refractivity contribution in [3.8, 4) is 12.3 Å². The summed E-state index contributed by atoms with van der Waals surface area (Å²) in [4.78, 5) is 24.0. The average Bonchev–Trinajstić information content (AvgIpc) is 2.74. The van der Waals surface area contributed by atoms with Crippen molar-refractivity contribution >= 4 is 27.4 Å². The maximum absolute atomic E-state index is 12.8. The maximum Gasteiger partial charge on any atom is 0.243 e. The fourth-order valence-corrected chi connectivity index (χ4v) is 4.77. The Labute approximate surface area is 171 Å². The Morgan fingerprint density at radius 3 is 2.34 bits per heavy atom. The molecule has 1 heterocycles. The van der Waals surface area contributed by atoms with Crippen LogP contribution in [0.15, 0.2) is 53.4 Å². The number of nitrogens with zero attached hydrogens (tertiary/aromatic N) is 1. The number of carbonyl (C=O) groups excluding carboxylic acids is 2. The van der Waals surface area contributed by atoms with Crippen LogP contribution in [0.2, 0.25) is 0 Å². The van der Waals surface area contributed by atoms with Gasteiger partial charge in [0.25, 0.3) is 0 Å². The fraction of sp³-hybridized carbons (Fsp3) is 0.273. The van der Waals surface area contributed by atoms with Crippen LogP contribution in [0.5, 0.6) is 0 Å². The Kier molecular flexibility index (Phi) is 6.16. The van der Waals surface area contributed by atoms with E-state index in [1.54, 1.807) is 24.3 Å². The number of terminal acetylenes is 1. The molecule has 29 heavy (non-hydrogen) atoms. The molecule has 1 aliphatic rings. The van der Waals surface area contributed by atoms with Gasteiger partial charge in [0, 0.05) is 35.8 Å². The minimum atomic E-state index is -3.65. The van der Waals surface area contributed by atoms with Crippen LogP contribution in [-0.2, 0) is 14.8 Å². The molecule has 0 unspecified atom stereocenters.